The molecule has 1 aromatic rings. The zero-order valence-electron chi connectivity index (χ0n) is 8.79. The van der Waals surface area contributed by atoms with E-state index in [4.69, 9.17) is 5.11 Å². The van der Waals surface area contributed by atoms with Gasteiger partial charge in [0.15, 0.2) is 9.84 Å². The average molecular weight is 273 g/mol. The summed E-state index contributed by atoms with van der Waals surface area (Å²) in [6, 6.07) is 3.09. The molecule has 0 spiro atoms. The van der Waals surface area contributed by atoms with Crippen molar-refractivity contribution in [2.45, 2.75) is 12.6 Å². The Hall–Kier alpha value is -1.18. The predicted molar refractivity (Wildman–Crippen MR) is 64.8 cm³/mol. The van der Waals surface area contributed by atoms with Crippen LogP contribution in [0.1, 0.15) is 14.5 Å². The predicted octanol–water partition coefficient (Wildman–Crippen LogP) is 0.847. The number of thiophene rings is 1. The molecule has 92 valence electrons. The molecule has 0 amide bonds. The molecule has 1 aromatic heterocycles. The van der Waals surface area contributed by atoms with Gasteiger partial charge in [0.25, 0.3) is 0 Å². The van der Waals surface area contributed by atoms with Gasteiger partial charge in [-0.3, -0.25) is 0 Å². The van der Waals surface area contributed by atoms with E-state index in [1.807, 2.05) is 0 Å². The van der Waals surface area contributed by atoms with Gasteiger partial charge in [-0.1, -0.05) is 6.08 Å². The van der Waals surface area contributed by atoms with Crippen LogP contribution < -0.4 is 5.32 Å². The van der Waals surface area contributed by atoms with Crippen LogP contribution in [0.5, 0.6) is 0 Å². The highest BCUT2D eigenvalue weighted by Crippen LogP contribution is 2.17. The minimum Gasteiger partial charge on any atom is -0.477 e. The molecule has 0 radical (unpaired) electrons. The molecule has 1 aliphatic rings. The molecule has 2 rings (SSSR count). The SMILES string of the molecule is O=C(O)c1ccc(CNC2C=CS(=O)(=O)C2)s1. The first-order valence-corrected chi connectivity index (χ1v) is 7.46. The molecule has 0 saturated carbocycles. The second-order valence-corrected chi connectivity index (χ2v) is 6.82. The van der Waals surface area contributed by atoms with Crippen LogP contribution in [0.4, 0.5) is 0 Å². The lowest BCUT2D eigenvalue weighted by molar-refractivity contribution is 0.0702. The average Bonchev–Trinajstić information content (AvgIpc) is 2.81. The Balaban J connectivity index is 1.91. The maximum atomic E-state index is 11.1. The Morgan fingerprint density at radius 2 is 2.29 bits per heavy atom. The van der Waals surface area contributed by atoms with Crippen LogP contribution in [-0.2, 0) is 16.4 Å². The van der Waals surface area contributed by atoms with Crippen molar-refractivity contribution in [1.29, 1.82) is 0 Å². The summed E-state index contributed by atoms with van der Waals surface area (Å²) in [7, 11) is -3.04. The number of carboxylic acids is 1. The summed E-state index contributed by atoms with van der Waals surface area (Å²) in [5, 5.41) is 13.0. The molecule has 7 heteroatoms. The molecule has 0 aliphatic carbocycles. The minimum absolute atomic E-state index is 0.0736. The first kappa shape index (κ1) is 12.3. The fourth-order valence-corrected chi connectivity index (χ4v) is 3.59. The molecule has 0 aromatic carbocycles. The van der Waals surface area contributed by atoms with Crippen molar-refractivity contribution >= 4 is 27.1 Å². The first-order chi connectivity index (χ1) is 7.96. The van der Waals surface area contributed by atoms with E-state index in [-0.39, 0.29) is 16.7 Å². The van der Waals surface area contributed by atoms with Crippen molar-refractivity contribution in [3.63, 3.8) is 0 Å². The Morgan fingerprint density at radius 3 is 2.82 bits per heavy atom. The molecular formula is C10H11NO4S2. The third-order valence-electron chi connectivity index (χ3n) is 2.34. The number of carbonyl (C=O) groups is 1. The van der Waals surface area contributed by atoms with Crippen LogP contribution in [0.25, 0.3) is 0 Å². The van der Waals surface area contributed by atoms with Gasteiger partial charge >= 0.3 is 5.97 Å². The van der Waals surface area contributed by atoms with E-state index in [0.29, 0.717) is 6.54 Å². The largest absolute Gasteiger partial charge is 0.477 e. The van der Waals surface area contributed by atoms with E-state index in [9.17, 15) is 13.2 Å². The number of rotatable bonds is 4. The Kier molecular flexibility index (Phi) is 3.32. The van der Waals surface area contributed by atoms with Gasteiger partial charge < -0.3 is 10.4 Å². The Bertz CT molecular complexity index is 559. The van der Waals surface area contributed by atoms with Crippen LogP contribution in [-0.4, -0.2) is 31.3 Å². The molecule has 1 aliphatic heterocycles. The molecule has 0 saturated heterocycles. The quantitative estimate of drug-likeness (QED) is 0.849. The molecule has 2 N–H and O–H groups in total. The van der Waals surface area contributed by atoms with Crippen LogP contribution in [0.3, 0.4) is 0 Å². The van der Waals surface area contributed by atoms with Gasteiger partial charge in [0.05, 0.1) is 5.75 Å². The van der Waals surface area contributed by atoms with Crippen LogP contribution in [0.2, 0.25) is 0 Å². The highest BCUT2D eigenvalue weighted by atomic mass is 32.2. The van der Waals surface area contributed by atoms with Gasteiger partial charge in [-0.2, -0.15) is 0 Å². The monoisotopic (exact) mass is 273 g/mol. The highest BCUT2D eigenvalue weighted by molar-refractivity contribution is 7.94. The topological polar surface area (TPSA) is 83.5 Å². The van der Waals surface area contributed by atoms with Crippen molar-refractivity contribution < 1.29 is 18.3 Å². The van der Waals surface area contributed by atoms with E-state index in [1.54, 1.807) is 18.2 Å². The van der Waals surface area contributed by atoms with E-state index in [0.717, 1.165) is 4.88 Å². The van der Waals surface area contributed by atoms with Crippen LogP contribution in [0.15, 0.2) is 23.6 Å². The third-order valence-corrected chi connectivity index (χ3v) is 4.81. The number of hydrogen-bond acceptors (Lipinski definition) is 5. The third kappa shape index (κ3) is 3.15. The number of aromatic carboxylic acids is 1. The standard InChI is InChI=1S/C10H11NO4S2/c12-10(13)9-2-1-8(16-9)5-11-7-3-4-17(14,15)6-7/h1-4,7,11H,5-6H2,(H,12,13). The lowest BCUT2D eigenvalue weighted by atomic mass is 10.3. The molecule has 1 atom stereocenters. The second-order valence-electron chi connectivity index (χ2n) is 3.72. The van der Waals surface area contributed by atoms with Crippen molar-refractivity contribution in [2.24, 2.45) is 0 Å². The van der Waals surface area contributed by atoms with Gasteiger partial charge in [-0.05, 0) is 12.1 Å². The Morgan fingerprint density at radius 1 is 1.53 bits per heavy atom. The van der Waals surface area contributed by atoms with E-state index in [2.05, 4.69) is 5.32 Å². The zero-order valence-corrected chi connectivity index (χ0v) is 10.4. The van der Waals surface area contributed by atoms with Crippen LogP contribution >= 0.6 is 11.3 Å². The molecule has 1 unspecified atom stereocenters. The molecule has 17 heavy (non-hydrogen) atoms. The highest BCUT2D eigenvalue weighted by Gasteiger charge is 2.21. The summed E-state index contributed by atoms with van der Waals surface area (Å²) >= 11 is 1.19. The normalized spacial score (nSPS) is 21.8. The number of sulfone groups is 1. The molecule has 0 fully saturated rings. The smallest absolute Gasteiger partial charge is 0.345 e. The van der Waals surface area contributed by atoms with Crippen molar-refractivity contribution in [1.82, 2.24) is 5.32 Å². The summed E-state index contributed by atoms with van der Waals surface area (Å²) in [6.45, 7) is 0.475. The Labute approximate surface area is 103 Å². The summed E-state index contributed by atoms with van der Waals surface area (Å²) in [4.78, 5) is 11.8. The summed E-state index contributed by atoms with van der Waals surface area (Å²) in [5.41, 5.74) is 0. The van der Waals surface area contributed by atoms with Crippen molar-refractivity contribution in [3.8, 4) is 0 Å². The van der Waals surface area contributed by atoms with E-state index in [1.165, 1.54) is 16.7 Å². The maximum Gasteiger partial charge on any atom is 0.345 e. The van der Waals surface area contributed by atoms with E-state index >= 15 is 0 Å². The maximum absolute atomic E-state index is 11.1. The van der Waals surface area contributed by atoms with Crippen LogP contribution in [0, 0.1) is 0 Å². The van der Waals surface area contributed by atoms with Crippen molar-refractivity contribution in [2.75, 3.05) is 5.75 Å². The van der Waals surface area contributed by atoms with Gasteiger partial charge in [0.2, 0.25) is 0 Å². The summed E-state index contributed by atoms with van der Waals surface area (Å²) in [6.07, 6.45) is 1.61. The van der Waals surface area contributed by atoms with Gasteiger partial charge in [-0.25, -0.2) is 13.2 Å². The number of nitrogens with one attached hydrogen (secondary N) is 1. The minimum atomic E-state index is -3.04. The molecule has 5 nitrogen and oxygen atoms in total. The molecule has 2 heterocycles. The fraction of sp³-hybridized carbons (Fsp3) is 0.300. The zero-order chi connectivity index (χ0) is 12.5. The first-order valence-electron chi connectivity index (χ1n) is 4.93. The molecule has 0 bridgehead atoms. The van der Waals surface area contributed by atoms with Gasteiger partial charge in [-0.15, -0.1) is 11.3 Å². The fourth-order valence-electron chi connectivity index (χ4n) is 1.52. The van der Waals surface area contributed by atoms with Gasteiger partial charge in [0.1, 0.15) is 4.88 Å². The van der Waals surface area contributed by atoms with Crippen molar-refractivity contribution in [3.05, 3.63) is 33.4 Å². The van der Waals surface area contributed by atoms with Gasteiger partial charge in [0, 0.05) is 22.9 Å². The summed E-state index contributed by atoms with van der Waals surface area (Å²) in [5.74, 6) is -0.867. The second kappa shape index (κ2) is 4.59. The lowest BCUT2D eigenvalue weighted by Crippen LogP contribution is -2.29. The van der Waals surface area contributed by atoms with E-state index < -0.39 is 15.8 Å². The summed E-state index contributed by atoms with van der Waals surface area (Å²) < 4.78 is 22.3. The number of hydrogen-bond donors (Lipinski definition) is 2. The lowest BCUT2D eigenvalue weighted by Gasteiger charge is -2.07. The molecular weight excluding hydrogens is 262 g/mol. The number of carboxylic acid groups (broad SMARTS) is 1.